The Morgan fingerprint density at radius 1 is 0.771 bits per heavy atom. The summed E-state index contributed by atoms with van der Waals surface area (Å²) in [4.78, 5) is 25.3. The van der Waals surface area contributed by atoms with Gasteiger partial charge in [0.15, 0.2) is 0 Å². The highest BCUT2D eigenvalue weighted by atomic mass is 16.4. The predicted molar refractivity (Wildman–Crippen MR) is 132 cm³/mol. The van der Waals surface area contributed by atoms with Gasteiger partial charge in [-0.2, -0.15) is 0 Å². The van der Waals surface area contributed by atoms with Gasteiger partial charge in [0.1, 0.15) is 0 Å². The van der Waals surface area contributed by atoms with Gasteiger partial charge >= 0.3 is 0 Å². The van der Waals surface area contributed by atoms with E-state index in [1.807, 2.05) is 27.7 Å². The number of aliphatic hydroxyl groups is 2. The average molecular weight is 481 g/mol. The van der Waals surface area contributed by atoms with Crippen LogP contribution in [0.25, 0.3) is 22.9 Å². The number of hydrogen-bond acceptors (Lipinski definition) is 7. The maximum atomic E-state index is 12.6. The van der Waals surface area contributed by atoms with Gasteiger partial charge in [0.05, 0.1) is 25.3 Å². The average Bonchev–Trinajstić information content (AvgIpc) is 3.35. The third-order valence-corrected chi connectivity index (χ3v) is 5.80. The standard InChI is InChI=1S/C26H32N4O5/c1-15(2)21(13-31)27-23(33)17-7-5-9-19(11-17)25-29-30-26(35-25)20-10-6-8-18(12-20)24(34)28-22(14-32)16(3)4/h5-12,15-16,21-22,31-32H,13-14H2,1-4H3,(H,27,33)(H,28,34)/t21-,22-/m1/s1. The van der Waals surface area contributed by atoms with Crippen LogP contribution in [-0.4, -0.2) is 57.5 Å². The summed E-state index contributed by atoms with van der Waals surface area (Å²) in [5, 5.41) is 32.8. The van der Waals surface area contributed by atoms with Gasteiger partial charge in [0.25, 0.3) is 11.8 Å². The third-order valence-electron chi connectivity index (χ3n) is 5.80. The van der Waals surface area contributed by atoms with Crippen LogP contribution in [0.3, 0.4) is 0 Å². The van der Waals surface area contributed by atoms with E-state index in [0.717, 1.165) is 0 Å². The summed E-state index contributed by atoms with van der Waals surface area (Å²) >= 11 is 0. The Balaban J connectivity index is 1.79. The molecule has 2 atom stereocenters. The number of carbonyl (C=O) groups is 2. The number of aromatic nitrogens is 2. The fourth-order valence-corrected chi connectivity index (χ4v) is 3.39. The van der Waals surface area contributed by atoms with Crippen LogP contribution in [0.1, 0.15) is 48.4 Å². The van der Waals surface area contributed by atoms with Crippen molar-refractivity contribution in [2.75, 3.05) is 13.2 Å². The largest absolute Gasteiger partial charge is 0.416 e. The molecule has 3 aromatic rings. The van der Waals surface area contributed by atoms with E-state index < -0.39 is 0 Å². The van der Waals surface area contributed by atoms with Crippen LogP contribution in [0.5, 0.6) is 0 Å². The van der Waals surface area contributed by atoms with Crippen molar-refractivity contribution >= 4 is 11.8 Å². The van der Waals surface area contributed by atoms with Crippen LogP contribution in [0, 0.1) is 11.8 Å². The number of carbonyl (C=O) groups excluding carboxylic acids is 2. The molecule has 3 rings (SSSR count). The third kappa shape index (κ3) is 6.52. The van der Waals surface area contributed by atoms with Gasteiger partial charge in [0, 0.05) is 22.3 Å². The molecule has 0 aliphatic heterocycles. The van der Waals surface area contributed by atoms with Crippen molar-refractivity contribution in [3.63, 3.8) is 0 Å². The molecule has 0 aliphatic rings. The minimum atomic E-state index is -0.348. The number of benzene rings is 2. The van der Waals surface area contributed by atoms with E-state index in [4.69, 9.17) is 4.42 Å². The van der Waals surface area contributed by atoms with Gasteiger partial charge < -0.3 is 25.3 Å². The molecule has 0 spiro atoms. The second-order valence-corrected chi connectivity index (χ2v) is 9.09. The van der Waals surface area contributed by atoms with Crippen LogP contribution in [0.4, 0.5) is 0 Å². The Labute approximate surface area is 204 Å². The summed E-state index contributed by atoms with van der Waals surface area (Å²) < 4.78 is 5.84. The quantitative estimate of drug-likeness (QED) is 0.350. The topological polar surface area (TPSA) is 138 Å². The number of aliphatic hydroxyl groups excluding tert-OH is 2. The van der Waals surface area contributed by atoms with Crippen LogP contribution < -0.4 is 10.6 Å². The van der Waals surface area contributed by atoms with E-state index in [9.17, 15) is 19.8 Å². The van der Waals surface area contributed by atoms with Crippen molar-refractivity contribution in [1.82, 2.24) is 20.8 Å². The Kier molecular flexibility index (Phi) is 8.73. The molecule has 35 heavy (non-hydrogen) atoms. The normalized spacial score (nSPS) is 13.0. The molecule has 4 N–H and O–H groups in total. The monoisotopic (exact) mass is 480 g/mol. The number of rotatable bonds is 10. The van der Waals surface area contributed by atoms with Crippen LogP contribution in [-0.2, 0) is 0 Å². The molecule has 0 aliphatic carbocycles. The summed E-state index contributed by atoms with van der Waals surface area (Å²) in [5.41, 5.74) is 1.95. The lowest BCUT2D eigenvalue weighted by atomic mass is 10.0. The van der Waals surface area contributed by atoms with E-state index in [1.54, 1.807) is 48.5 Å². The zero-order valence-corrected chi connectivity index (χ0v) is 20.4. The summed E-state index contributed by atoms with van der Waals surface area (Å²) in [6, 6.07) is 12.9. The van der Waals surface area contributed by atoms with E-state index in [1.165, 1.54) is 0 Å². The zero-order chi connectivity index (χ0) is 25.5. The lowest BCUT2D eigenvalue weighted by molar-refractivity contribution is 0.0890. The molecule has 0 saturated carbocycles. The first-order valence-electron chi connectivity index (χ1n) is 11.6. The van der Waals surface area contributed by atoms with Crippen molar-refractivity contribution in [3.05, 3.63) is 59.7 Å². The van der Waals surface area contributed by atoms with Gasteiger partial charge in [-0.1, -0.05) is 39.8 Å². The number of nitrogens with zero attached hydrogens (tertiary/aromatic N) is 2. The highest BCUT2D eigenvalue weighted by Crippen LogP contribution is 2.25. The van der Waals surface area contributed by atoms with Crippen molar-refractivity contribution in [2.24, 2.45) is 11.8 Å². The minimum absolute atomic E-state index is 0.0865. The molecule has 0 saturated heterocycles. The summed E-state index contributed by atoms with van der Waals surface area (Å²) in [6.07, 6.45) is 0. The van der Waals surface area contributed by atoms with Gasteiger partial charge in [-0.15, -0.1) is 10.2 Å². The molecule has 1 heterocycles. The van der Waals surface area contributed by atoms with E-state index >= 15 is 0 Å². The van der Waals surface area contributed by atoms with Gasteiger partial charge in [-0.05, 0) is 48.2 Å². The molecule has 0 bridgehead atoms. The SMILES string of the molecule is CC(C)[C@@H](CO)NC(=O)c1cccc(-c2nnc(-c3cccc(C(=O)N[C@H](CO)C(C)C)c3)o2)c1. The second kappa shape index (κ2) is 11.7. The highest BCUT2D eigenvalue weighted by molar-refractivity contribution is 5.96. The maximum Gasteiger partial charge on any atom is 0.251 e. The molecule has 2 aromatic carbocycles. The minimum Gasteiger partial charge on any atom is -0.416 e. The van der Waals surface area contributed by atoms with E-state index in [2.05, 4.69) is 20.8 Å². The summed E-state index contributed by atoms with van der Waals surface area (Å²) in [6.45, 7) is 7.39. The zero-order valence-electron chi connectivity index (χ0n) is 20.4. The molecule has 186 valence electrons. The molecule has 0 unspecified atom stereocenters. The molecule has 9 heteroatoms. The molecule has 0 fully saturated rings. The number of amides is 2. The highest BCUT2D eigenvalue weighted by Gasteiger charge is 2.19. The van der Waals surface area contributed by atoms with Crippen molar-refractivity contribution in [3.8, 4) is 22.9 Å². The number of nitrogens with one attached hydrogen (secondary N) is 2. The Morgan fingerprint density at radius 2 is 1.17 bits per heavy atom. The summed E-state index contributed by atoms with van der Waals surface area (Å²) in [7, 11) is 0. The first-order valence-corrected chi connectivity index (χ1v) is 11.6. The second-order valence-electron chi connectivity index (χ2n) is 9.09. The summed E-state index contributed by atoms with van der Waals surface area (Å²) in [5.74, 6) is 0.0208. The number of hydrogen-bond donors (Lipinski definition) is 4. The lowest BCUT2D eigenvalue weighted by Crippen LogP contribution is -2.41. The van der Waals surface area contributed by atoms with Crippen molar-refractivity contribution in [1.29, 1.82) is 0 Å². The van der Waals surface area contributed by atoms with Crippen LogP contribution in [0.15, 0.2) is 52.9 Å². The van der Waals surface area contributed by atoms with Crippen LogP contribution >= 0.6 is 0 Å². The molecular formula is C26H32N4O5. The Bertz CT molecular complexity index is 1070. The van der Waals surface area contributed by atoms with Crippen LogP contribution in [0.2, 0.25) is 0 Å². The van der Waals surface area contributed by atoms with Gasteiger partial charge in [-0.3, -0.25) is 9.59 Å². The van der Waals surface area contributed by atoms with E-state index in [-0.39, 0.29) is 60.7 Å². The van der Waals surface area contributed by atoms with Gasteiger partial charge in [0.2, 0.25) is 11.8 Å². The molecular weight excluding hydrogens is 448 g/mol. The lowest BCUT2D eigenvalue weighted by Gasteiger charge is -2.20. The maximum absolute atomic E-state index is 12.6. The molecule has 2 amide bonds. The predicted octanol–water partition coefficient (Wildman–Crippen LogP) is 2.90. The van der Waals surface area contributed by atoms with E-state index in [0.29, 0.717) is 22.3 Å². The first kappa shape index (κ1) is 26.1. The fourth-order valence-electron chi connectivity index (χ4n) is 3.39. The fraction of sp³-hybridized carbons (Fsp3) is 0.385. The Morgan fingerprint density at radius 3 is 1.51 bits per heavy atom. The van der Waals surface area contributed by atoms with Crippen molar-refractivity contribution in [2.45, 2.75) is 39.8 Å². The van der Waals surface area contributed by atoms with Crippen molar-refractivity contribution < 1.29 is 24.2 Å². The smallest absolute Gasteiger partial charge is 0.251 e. The molecule has 1 aromatic heterocycles. The molecule has 0 radical (unpaired) electrons. The van der Waals surface area contributed by atoms with Gasteiger partial charge in [-0.25, -0.2) is 0 Å². The first-order chi connectivity index (χ1) is 16.7. The molecule has 9 nitrogen and oxygen atoms in total. The Hall–Kier alpha value is -3.56.